The van der Waals surface area contributed by atoms with Crippen LogP contribution in [-0.2, 0) is 14.1 Å². The van der Waals surface area contributed by atoms with Crippen molar-refractivity contribution in [3.63, 3.8) is 0 Å². The molecule has 0 bridgehead atoms. The van der Waals surface area contributed by atoms with Crippen LogP contribution in [0.4, 0.5) is 0 Å². The van der Waals surface area contributed by atoms with Gasteiger partial charge in [0.1, 0.15) is 6.10 Å². The molecular formula is C18H27BN2O5. The molecule has 0 aromatic carbocycles. The van der Waals surface area contributed by atoms with E-state index in [1.54, 1.807) is 12.4 Å². The van der Waals surface area contributed by atoms with E-state index in [9.17, 15) is 4.79 Å². The van der Waals surface area contributed by atoms with Gasteiger partial charge in [-0.3, -0.25) is 4.79 Å². The summed E-state index contributed by atoms with van der Waals surface area (Å²) in [7, 11) is -0.511. The lowest BCUT2D eigenvalue weighted by atomic mass is 9.81. The fourth-order valence-electron chi connectivity index (χ4n) is 3.41. The first-order valence-electron chi connectivity index (χ1n) is 9.24. The predicted molar refractivity (Wildman–Crippen MR) is 96.4 cm³/mol. The highest BCUT2D eigenvalue weighted by atomic mass is 16.7. The molecule has 2 aliphatic rings. The normalized spacial score (nSPS) is 27.3. The van der Waals surface area contributed by atoms with E-state index < -0.39 is 24.3 Å². The molecule has 2 heterocycles. The SMILES string of the molecule is CC1(C)OB(c2cnc(OC3CCCCC3CC(=O)O)nc2)OC1(C)C. The van der Waals surface area contributed by atoms with E-state index in [4.69, 9.17) is 19.2 Å². The van der Waals surface area contributed by atoms with Crippen molar-refractivity contribution in [2.45, 2.75) is 77.1 Å². The minimum Gasteiger partial charge on any atom is -0.481 e. The van der Waals surface area contributed by atoms with Gasteiger partial charge in [-0.25, -0.2) is 9.97 Å². The van der Waals surface area contributed by atoms with Crippen molar-refractivity contribution in [3.8, 4) is 6.01 Å². The Morgan fingerprint density at radius 2 is 1.77 bits per heavy atom. The monoisotopic (exact) mass is 362 g/mol. The molecule has 8 heteroatoms. The smallest absolute Gasteiger partial charge is 0.481 e. The second-order valence-electron chi connectivity index (χ2n) is 8.19. The number of ether oxygens (including phenoxy) is 1. The molecule has 0 radical (unpaired) electrons. The fraction of sp³-hybridized carbons (Fsp3) is 0.722. The van der Waals surface area contributed by atoms with Crippen LogP contribution in [0.3, 0.4) is 0 Å². The maximum atomic E-state index is 11.0. The minimum absolute atomic E-state index is 0.00706. The summed E-state index contributed by atoms with van der Waals surface area (Å²) >= 11 is 0. The molecule has 2 atom stereocenters. The fourth-order valence-corrected chi connectivity index (χ4v) is 3.41. The molecule has 1 saturated carbocycles. The number of carboxylic acids is 1. The van der Waals surface area contributed by atoms with Crippen LogP contribution in [0.1, 0.15) is 59.8 Å². The van der Waals surface area contributed by atoms with Crippen LogP contribution >= 0.6 is 0 Å². The summed E-state index contributed by atoms with van der Waals surface area (Å²) in [4.78, 5) is 19.6. The van der Waals surface area contributed by atoms with Gasteiger partial charge in [-0.1, -0.05) is 6.42 Å². The van der Waals surface area contributed by atoms with Crippen molar-refractivity contribution < 1.29 is 23.9 Å². The minimum atomic E-state index is -0.789. The van der Waals surface area contributed by atoms with Gasteiger partial charge in [0.2, 0.25) is 0 Å². The number of carboxylic acid groups (broad SMARTS) is 1. The highest BCUT2D eigenvalue weighted by Crippen LogP contribution is 2.36. The zero-order valence-electron chi connectivity index (χ0n) is 15.9. The molecule has 2 fully saturated rings. The van der Waals surface area contributed by atoms with Crippen LogP contribution in [0.25, 0.3) is 0 Å². The lowest BCUT2D eigenvalue weighted by Gasteiger charge is -2.32. The van der Waals surface area contributed by atoms with Gasteiger partial charge in [0.25, 0.3) is 0 Å². The van der Waals surface area contributed by atoms with E-state index in [1.165, 1.54) is 0 Å². The summed E-state index contributed by atoms with van der Waals surface area (Å²) in [5.74, 6) is -0.782. The number of carbonyl (C=O) groups is 1. The Labute approximate surface area is 154 Å². The summed E-state index contributed by atoms with van der Waals surface area (Å²) in [6, 6.07) is 0.271. The number of rotatable bonds is 5. The lowest BCUT2D eigenvalue weighted by molar-refractivity contribution is -0.139. The third-order valence-electron chi connectivity index (χ3n) is 5.71. The highest BCUT2D eigenvalue weighted by Gasteiger charge is 2.52. The van der Waals surface area contributed by atoms with E-state index in [0.29, 0.717) is 0 Å². The number of aromatic nitrogens is 2. The average molecular weight is 362 g/mol. The predicted octanol–water partition coefficient (Wildman–Crippen LogP) is 2.19. The van der Waals surface area contributed by atoms with E-state index in [1.807, 2.05) is 27.7 Å². The molecule has 142 valence electrons. The quantitative estimate of drug-likeness (QED) is 0.803. The molecule has 0 spiro atoms. The Kier molecular flexibility index (Phi) is 5.26. The molecule has 1 aromatic rings. The van der Waals surface area contributed by atoms with Crippen molar-refractivity contribution in [2.75, 3.05) is 0 Å². The molecule has 1 aliphatic heterocycles. The Hall–Kier alpha value is -1.67. The lowest BCUT2D eigenvalue weighted by Crippen LogP contribution is -2.41. The Morgan fingerprint density at radius 3 is 2.35 bits per heavy atom. The van der Waals surface area contributed by atoms with Crippen molar-refractivity contribution in [2.24, 2.45) is 5.92 Å². The van der Waals surface area contributed by atoms with Crippen LogP contribution in [0, 0.1) is 5.92 Å². The molecule has 1 saturated heterocycles. The first-order chi connectivity index (χ1) is 12.2. The van der Waals surface area contributed by atoms with Crippen molar-refractivity contribution in [1.29, 1.82) is 0 Å². The molecule has 1 aliphatic carbocycles. The van der Waals surface area contributed by atoms with Crippen LogP contribution < -0.4 is 10.2 Å². The molecule has 2 unspecified atom stereocenters. The van der Waals surface area contributed by atoms with E-state index in [2.05, 4.69) is 9.97 Å². The van der Waals surface area contributed by atoms with Gasteiger partial charge < -0.3 is 19.2 Å². The van der Waals surface area contributed by atoms with E-state index >= 15 is 0 Å². The van der Waals surface area contributed by atoms with Crippen LogP contribution in [-0.4, -0.2) is 45.5 Å². The summed E-state index contributed by atoms with van der Waals surface area (Å²) in [5, 5.41) is 9.08. The van der Waals surface area contributed by atoms with Gasteiger partial charge >= 0.3 is 19.1 Å². The zero-order chi connectivity index (χ0) is 18.9. The molecule has 1 aromatic heterocycles. The summed E-state index contributed by atoms with van der Waals surface area (Å²) < 4.78 is 17.9. The second kappa shape index (κ2) is 7.16. The number of nitrogens with zero attached hydrogens (tertiary/aromatic N) is 2. The van der Waals surface area contributed by atoms with Gasteiger partial charge in [0.15, 0.2) is 0 Å². The second-order valence-corrected chi connectivity index (χ2v) is 8.19. The highest BCUT2D eigenvalue weighted by molar-refractivity contribution is 6.61. The van der Waals surface area contributed by atoms with E-state index in [-0.39, 0.29) is 24.5 Å². The Bertz CT molecular complexity index is 633. The number of hydrogen-bond acceptors (Lipinski definition) is 6. The molecule has 7 nitrogen and oxygen atoms in total. The van der Waals surface area contributed by atoms with Gasteiger partial charge in [-0.15, -0.1) is 0 Å². The molecule has 1 N–H and O–H groups in total. The average Bonchev–Trinajstić information content (AvgIpc) is 2.77. The molecular weight excluding hydrogens is 335 g/mol. The molecule has 26 heavy (non-hydrogen) atoms. The van der Waals surface area contributed by atoms with Gasteiger partial charge in [-0.2, -0.15) is 0 Å². The van der Waals surface area contributed by atoms with E-state index in [0.717, 1.165) is 31.1 Å². The van der Waals surface area contributed by atoms with Gasteiger partial charge in [0, 0.05) is 23.8 Å². The maximum Gasteiger partial charge on any atom is 0.498 e. The third kappa shape index (κ3) is 4.01. The van der Waals surface area contributed by atoms with Crippen molar-refractivity contribution in [1.82, 2.24) is 9.97 Å². The first kappa shape index (κ1) is 19.1. The number of aliphatic carboxylic acids is 1. The first-order valence-corrected chi connectivity index (χ1v) is 9.24. The van der Waals surface area contributed by atoms with Crippen LogP contribution in [0.2, 0.25) is 0 Å². The van der Waals surface area contributed by atoms with Crippen molar-refractivity contribution >= 4 is 18.6 Å². The maximum absolute atomic E-state index is 11.0. The Morgan fingerprint density at radius 1 is 1.19 bits per heavy atom. The third-order valence-corrected chi connectivity index (χ3v) is 5.71. The van der Waals surface area contributed by atoms with Crippen molar-refractivity contribution in [3.05, 3.63) is 12.4 Å². The standard InChI is InChI=1S/C18H27BN2O5/c1-17(2)18(3,4)26-19(25-17)13-10-20-16(21-11-13)24-14-8-6-5-7-12(14)9-15(22)23/h10-12,14H,5-9H2,1-4H3,(H,22,23). The molecule has 3 rings (SSSR count). The van der Waals surface area contributed by atoms with Gasteiger partial charge in [0.05, 0.1) is 17.6 Å². The molecule has 0 amide bonds. The summed E-state index contributed by atoms with van der Waals surface area (Å²) in [6.45, 7) is 7.99. The Balaban J connectivity index is 1.65. The van der Waals surface area contributed by atoms with Crippen LogP contribution in [0.5, 0.6) is 6.01 Å². The largest absolute Gasteiger partial charge is 0.498 e. The number of hydrogen-bond donors (Lipinski definition) is 1. The topological polar surface area (TPSA) is 90.8 Å². The summed E-state index contributed by atoms with van der Waals surface area (Å²) in [5.41, 5.74) is -0.0976. The van der Waals surface area contributed by atoms with Gasteiger partial charge in [-0.05, 0) is 47.0 Å². The zero-order valence-corrected chi connectivity index (χ0v) is 15.9. The summed E-state index contributed by atoms with van der Waals surface area (Å²) in [6.07, 6.45) is 7.05. The van der Waals surface area contributed by atoms with Crippen LogP contribution in [0.15, 0.2) is 12.4 Å².